The first-order valence-electron chi connectivity index (χ1n) is 8.35. The number of likely N-dealkylation sites (tertiary alicyclic amines) is 1. The van der Waals surface area contributed by atoms with Crippen LogP contribution in [0.1, 0.15) is 83.1 Å². The second-order valence-corrected chi connectivity index (χ2v) is 6.30. The van der Waals surface area contributed by atoms with Gasteiger partial charge in [-0.05, 0) is 26.2 Å². The Labute approximate surface area is 182 Å². The molecule has 1 amide bonds. The van der Waals surface area contributed by atoms with Crippen molar-refractivity contribution in [2.24, 2.45) is 16.2 Å². The summed E-state index contributed by atoms with van der Waals surface area (Å²) in [5.74, 6) is 0.315. The molecule has 2 atom stereocenters. The molecule has 135 valence electrons. The van der Waals surface area contributed by atoms with Gasteiger partial charge < -0.3 is 4.90 Å². The van der Waals surface area contributed by atoms with Gasteiger partial charge in [0.05, 0.1) is 5.41 Å². The van der Waals surface area contributed by atoms with Gasteiger partial charge in [-0.1, -0.05) is 62.3 Å². The minimum absolute atomic E-state index is 0. The van der Waals surface area contributed by atoms with Gasteiger partial charge in [0.2, 0.25) is 5.91 Å². The summed E-state index contributed by atoms with van der Waals surface area (Å²) >= 11 is 0. The van der Waals surface area contributed by atoms with E-state index in [0.29, 0.717) is 5.91 Å². The van der Waals surface area contributed by atoms with Crippen molar-refractivity contribution in [3.05, 3.63) is 0 Å². The first-order valence-corrected chi connectivity index (χ1v) is 8.35. The van der Waals surface area contributed by atoms with Gasteiger partial charge in [-0.2, -0.15) is 0 Å². The molecule has 0 N–H and O–H groups in total. The van der Waals surface area contributed by atoms with E-state index in [1.54, 1.807) is 0 Å². The Morgan fingerprint density at radius 2 is 1.05 bits per heavy atom. The molecule has 0 aromatic heterocycles. The number of hydrogen-bond donors (Lipinski definition) is 0. The molecule has 2 nitrogen and oxygen atoms in total. The first-order chi connectivity index (χ1) is 9.07. The second-order valence-electron chi connectivity index (χ2n) is 6.30. The van der Waals surface area contributed by atoms with Gasteiger partial charge in [-0.25, -0.2) is 0 Å². The zero-order chi connectivity index (χ0) is 17.2. The van der Waals surface area contributed by atoms with Crippen LogP contribution in [-0.4, -0.2) is 23.4 Å². The molecule has 4 heteroatoms. The van der Waals surface area contributed by atoms with Crippen LogP contribution in [0.15, 0.2) is 0 Å². The maximum Gasteiger partial charge on any atom is 0.229 e. The van der Waals surface area contributed by atoms with Crippen LogP contribution in [0.25, 0.3) is 0 Å². The van der Waals surface area contributed by atoms with Crippen LogP contribution in [0.2, 0.25) is 0 Å². The minimum Gasteiger partial charge on any atom is -0.340 e. The molecule has 2 aliphatic rings. The van der Waals surface area contributed by atoms with E-state index in [4.69, 9.17) is 0 Å². The third-order valence-electron chi connectivity index (χ3n) is 6.23. The van der Waals surface area contributed by atoms with Crippen LogP contribution >= 0.6 is 0 Å². The summed E-state index contributed by atoms with van der Waals surface area (Å²) in [5.41, 5.74) is 0.0620. The molecule has 1 radical (unpaired) electrons. The average Bonchev–Trinajstić information content (AvgIpc) is 2.80. The largest absolute Gasteiger partial charge is 0.340 e. The SMILES string of the molecule is CC.CC.CC.CN1C(=O)C2(C)C(C)(C)C2(C)C1(C)C.[Ar].[V]. The van der Waals surface area contributed by atoms with E-state index in [2.05, 4.69) is 41.5 Å². The molecule has 1 saturated heterocycles. The zero-order valence-corrected chi connectivity index (χ0v) is 19.3. The fourth-order valence-electron chi connectivity index (χ4n) is 4.13. The van der Waals surface area contributed by atoms with Crippen LogP contribution in [0.4, 0.5) is 0 Å². The van der Waals surface area contributed by atoms with Crippen molar-refractivity contribution in [3.8, 4) is 0 Å². The summed E-state index contributed by atoms with van der Waals surface area (Å²) in [6.07, 6.45) is 0. The van der Waals surface area contributed by atoms with Crippen molar-refractivity contribution in [2.75, 3.05) is 7.05 Å². The van der Waals surface area contributed by atoms with E-state index in [9.17, 15) is 4.79 Å². The number of amides is 1. The van der Waals surface area contributed by atoms with Crippen LogP contribution in [-0.2, 0) is 23.4 Å². The third-order valence-corrected chi connectivity index (χ3v) is 6.23. The summed E-state index contributed by atoms with van der Waals surface area (Å²) in [4.78, 5) is 14.2. The fourth-order valence-corrected chi connectivity index (χ4v) is 4.13. The van der Waals surface area contributed by atoms with E-state index in [0.717, 1.165) is 0 Å². The molecular weight excluding hydrogens is 337 g/mol. The van der Waals surface area contributed by atoms with Gasteiger partial charge in [-0.3, -0.25) is 4.79 Å². The number of hydrogen-bond acceptors (Lipinski definition) is 1. The van der Waals surface area contributed by atoms with Crippen molar-refractivity contribution < 1.29 is 61.1 Å². The van der Waals surface area contributed by atoms with Crippen LogP contribution in [0.3, 0.4) is 0 Å². The second kappa shape index (κ2) is 10.3. The Morgan fingerprint density at radius 1 is 0.773 bits per heavy atom. The number of rotatable bonds is 0. The Kier molecular flexibility index (Phi) is 14.6. The van der Waals surface area contributed by atoms with Crippen molar-refractivity contribution in [1.29, 1.82) is 0 Å². The smallest absolute Gasteiger partial charge is 0.229 e. The summed E-state index contributed by atoms with van der Waals surface area (Å²) in [5, 5.41) is 0. The monoisotopic (exact) mass is 376 g/mol. The Bertz CT molecular complexity index is 344. The van der Waals surface area contributed by atoms with Gasteiger partial charge >= 0.3 is 0 Å². The van der Waals surface area contributed by atoms with Crippen LogP contribution in [0, 0.1) is 54.0 Å². The predicted molar refractivity (Wildman–Crippen MR) is 90.9 cm³/mol. The topological polar surface area (TPSA) is 20.3 Å². The average molecular weight is 376 g/mol. The summed E-state index contributed by atoms with van der Waals surface area (Å²) < 4.78 is 0. The normalized spacial score (nSPS) is 31.3. The quantitative estimate of drug-likeness (QED) is 0.557. The molecule has 1 heterocycles. The Balaban J connectivity index is -0.000000182. The third kappa shape index (κ3) is 3.34. The van der Waals surface area contributed by atoms with Gasteiger partial charge in [-0.15, -0.1) is 0 Å². The zero-order valence-electron chi connectivity index (χ0n) is 17.2. The molecule has 1 aliphatic heterocycles. The van der Waals surface area contributed by atoms with Crippen molar-refractivity contribution in [1.82, 2.24) is 4.90 Å². The molecule has 0 bridgehead atoms. The molecule has 22 heavy (non-hydrogen) atoms. The van der Waals surface area contributed by atoms with Crippen LogP contribution < -0.4 is 0 Å². The standard InChI is InChI=1S/C12H21NO.3C2H6.Ar.V/c1-9(2)11(5)8(14)13(7)10(3,4)12(9,11)6;3*1-2;;/h1-7H3;3*1-2H3;;. The number of carbonyl (C=O) groups is 1. The number of piperidine rings is 1. The number of nitrogens with zero attached hydrogens (tertiary/aromatic N) is 1. The van der Waals surface area contributed by atoms with Crippen molar-refractivity contribution >= 4 is 5.91 Å². The molecule has 0 spiro atoms. The number of carbonyl (C=O) groups excluding carboxylic acids is 1. The molecule has 0 aromatic carbocycles. The van der Waals surface area contributed by atoms with E-state index in [1.165, 1.54) is 0 Å². The molecule has 2 fully saturated rings. The van der Waals surface area contributed by atoms with Gasteiger partial charge in [0.25, 0.3) is 0 Å². The van der Waals surface area contributed by atoms with Gasteiger partial charge in [0, 0.05) is 74.3 Å². The molecular formula is C18H39ArNOV. The molecule has 1 aliphatic carbocycles. The maximum atomic E-state index is 12.2. The summed E-state index contributed by atoms with van der Waals surface area (Å²) in [6, 6.07) is 0. The molecule has 1 saturated carbocycles. The van der Waals surface area contributed by atoms with Crippen molar-refractivity contribution in [3.63, 3.8) is 0 Å². The summed E-state index contributed by atoms with van der Waals surface area (Å²) in [6.45, 7) is 25.2. The van der Waals surface area contributed by atoms with Gasteiger partial charge in [0.1, 0.15) is 0 Å². The maximum absolute atomic E-state index is 12.2. The molecule has 2 rings (SSSR count). The predicted octanol–water partition coefficient (Wildman–Crippen LogP) is 5.37. The first kappa shape index (κ1) is 31.1. The van der Waals surface area contributed by atoms with E-state index >= 15 is 0 Å². The Morgan fingerprint density at radius 3 is 1.18 bits per heavy atom. The van der Waals surface area contributed by atoms with E-state index < -0.39 is 0 Å². The van der Waals surface area contributed by atoms with Crippen molar-refractivity contribution in [2.45, 2.75) is 88.6 Å². The molecule has 0 aromatic rings. The van der Waals surface area contributed by atoms with E-state index in [1.807, 2.05) is 53.5 Å². The van der Waals surface area contributed by atoms with E-state index in [-0.39, 0.29) is 78.1 Å². The molecule has 2 unspecified atom stereocenters. The minimum atomic E-state index is -0.155. The fraction of sp³-hybridized carbons (Fsp3) is 0.944. The van der Waals surface area contributed by atoms with Crippen LogP contribution in [0.5, 0.6) is 0 Å². The number of fused-ring (bicyclic) bond motifs is 1. The summed E-state index contributed by atoms with van der Waals surface area (Å²) in [7, 11) is 1.93. The van der Waals surface area contributed by atoms with Gasteiger partial charge in [0.15, 0.2) is 0 Å². The Hall–Kier alpha value is 1.31.